The average Bonchev–Trinajstić information content (AvgIpc) is 3.37. The van der Waals surface area contributed by atoms with Crippen molar-refractivity contribution in [3.8, 4) is 22.8 Å². The second-order valence-electron chi connectivity index (χ2n) is 8.30. The van der Waals surface area contributed by atoms with Crippen molar-refractivity contribution in [3.63, 3.8) is 0 Å². The smallest absolute Gasteiger partial charge is 0.151 e. The SMILES string of the molecule is CCS(=O)(=O)CCNc1nc(-c2c(Cl)c(OC)cc(OC)c2Cl)cc2cnc(NC3CCOC3)cc12. The number of fused-ring (bicyclic) bond motifs is 1. The molecule has 0 saturated carbocycles. The van der Waals surface area contributed by atoms with Crippen molar-refractivity contribution >= 4 is 55.4 Å². The Bertz CT molecular complexity index is 1340. The van der Waals surface area contributed by atoms with Crippen LogP contribution < -0.4 is 20.1 Å². The van der Waals surface area contributed by atoms with Gasteiger partial charge in [-0.05, 0) is 18.6 Å². The Morgan fingerprint density at radius 2 is 1.86 bits per heavy atom. The number of sulfone groups is 1. The molecular formula is C24H28Cl2N4O5S. The maximum Gasteiger partial charge on any atom is 0.151 e. The van der Waals surface area contributed by atoms with E-state index in [4.69, 9.17) is 42.4 Å². The number of nitrogens with zero attached hydrogens (tertiary/aromatic N) is 2. The molecule has 1 aliphatic rings. The number of hydrogen-bond acceptors (Lipinski definition) is 9. The minimum atomic E-state index is -3.16. The monoisotopic (exact) mass is 554 g/mol. The molecule has 2 aromatic heterocycles. The molecule has 0 aliphatic carbocycles. The number of benzene rings is 1. The maximum absolute atomic E-state index is 12.1. The lowest BCUT2D eigenvalue weighted by molar-refractivity contribution is 0.195. The Kier molecular flexibility index (Phi) is 8.29. The van der Waals surface area contributed by atoms with Gasteiger partial charge in [-0.25, -0.2) is 18.4 Å². The van der Waals surface area contributed by atoms with Crippen molar-refractivity contribution in [2.75, 3.05) is 56.1 Å². The fraction of sp³-hybridized carbons (Fsp3) is 0.417. The average molecular weight is 555 g/mol. The first-order chi connectivity index (χ1) is 17.3. The standard InChI is InChI=1S/C24H28Cl2N4O5S/c1-4-36(31,32)8-6-27-24-16-10-20(29-15-5-7-35-13-15)28-12-14(16)9-17(30-24)21-22(25)18(33-2)11-19(34-3)23(21)26/h9-12,15H,4-8,13H2,1-3H3,(H,27,30)(H,28,29). The number of rotatable bonds is 10. The minimum absolute atomic E-state index is 0.0268. The molecule has 12 heteroatoms. The van der Waals surface area contributed by atoms with Crippen LogP contribution in [0.4, 0.5) is 11.6 Å². The molecule has 0 bridgehead atoms. The van der Waals surface area contributed by atoms with Crippen LogP contribution >= 0.6 is 23.2 Å². The van der Waals surface area contributed by atoms with E-state index in [0.717, 1.165) is 17.2 Å². The molecule has 0 amide bonds. The highest BCUT2D eigenvalue weighted by Crippen LogP contribution is 2.46. The maximum atomic E-state index is 12.1. The van der Waals surface area contributed by atoms with Gasteiger partial charge >= 0.3 is 0 Å². The van der Waals surface area contributed by atoms with E-state index in [1.165, 1.54) is 14.2 Å². The number of halogens is 2. The number of aromatic nitrogens is 2. The summed E-state index contributed by atoms with van der Waals surface area (Å²) in [6.45, 7) is 3.14. The van der Waals surface area contributed by atoms with Gasteiger partial charge in [0.15, 0.2) is 9.84 Å². The fourth-order valence-electron chi connectivity index (χ4n) is 3.93. The first-order valence-electron chi connectivity index (χ1n) is 11.5. The van der Waals surface area contributed by atoms with E-state index >= 15 is 0 Å². The first kappa shape index (κ1) is 26.5. The summed E-state index contributed by atoms with van der Waals surface area (Å²) in [5.74, 6) is 1.97. The highest BCUT2D eigenvalue weighted by molar-refractivity contribution is 7.91. The predicted octanol–water partition coefficient (Wildman–Crippen LogP) is 4.67. The lowest BCUT2D eigenvalue weighted by Gasteiger charge is -2.17. The van der Waals surface area contributed by atoms with Crippen LogP contribution in [0.5, 0.6) is 11.5 Å². The molecule has 1 unspecified atom stereocenters. The molecule has 1 saturated heterocycles. The van der Waals surface area contributed by atoms with Gasteiger partial charge in [-0.3, -0.25) is 0 Å². The van der Waals surface area contributed by atoms with Crippen LogP contribution in [0.15, 0.2) is 24.4 Å². The van der Waals surface area contributed by atoms with Crippen molar-refractivity contribution in [2.45, 2.75) is 19.4 Å². The summed E-state index contributed by atoms with van der Waals surface area (Å²) >= 11 is 13.3. The van der Waals surface area contributed by atoms with Crippen LogP contribution in [0.3, 0.4) is 0 Å². The van der Waals surface area contributed by atoms with Gasteiger partial charge in [0.2, 0.25) is 0 Å². The van der Waals surface area contributed by atoms with E-state index in [0.29, 0.717) is 47.6 Å². The van der Waals surface area contributed by atoms with E-state index in [1.807, 2.05) is 12.1 Å². The van der Waals surface area contributed by atoms with Crippen LogP contribution in [0.2, 0.25) is 10.0 Å². The lowest BCUT2D eigenvalue weighted by atomic mass is 10.1. The summed E-state index contributed by atoms with van der Waals surface area (Å²) < 4.78 is 40.4. The van der Waals surface area contributed by atoms with E-state index < -0.39 is 9.84 Å². The van der Waals surface area contributed by atoms with Gasteiger partial charge in [0.05, 0.1) is 48.4 Å². The molecule has 1 aliphatic heterocycles. The Balaban J connectivity index is 1.82. The molecule has 1 fully saturated rings. The zero-order chi connectivity index (χ0) is 25.9. The normalized spacial score (nSPS) is 15.8. The van der Waals surface area contributed by atoms with Crippen LogP contribution in [0.1, 0.15) is 13.3 Å². The molecule has 4 rings (SSSR count). The van der Waals surface area contributed by atoms with Crippen LogP contribution in [0.25, 0.3) is 22.0 Å². The number of ether oxygens (including phenoxy) is 3. The van der Waals surface area contributed by atoms with Gasteiger partial charge in [-0.15, -0.1) is 0 Å². The molecule has 36 heavy (non-hydrogen) atoms. The third-order valence-electron chi connectivity index (χ3n) is 5.97. The van der Waals surface area contributed by atoms with Gasteiger partial charge < -0.3 is 24.8 Å². The molecule has 1 aromatic carbocycles. The summed E-state index contributed by atoms with van der Waals surface area (Å²) in [5, 5.41) is 8.66. The van der Waals surface area contributed by atoms with Gasteiger partial charge in [0, 0.05) is 47.5 Å². The Hall–Kier alpha value is -2.53. The molecule has 9 nitrogen and oxygen atoms in total. The molecular weight excluding hydrogens is 527 g/mol. The van der Waals surface area contributed by atoms with Crippen molar-refractivity contribution in [1.82, 2.24) is 9.97 Å². The van der Waals surface area contributed by atoms with E-state index in [1.54, 1.807) is 19.2 Å². The number of hydrogen-bond donors (Lipinski definition) is 2. The summed E-state index contributed by atoms with van der Waals surface area (Å²) in [5.41, 5.74) is 0.896. The Morgan fingerprint density at radius 1 is 1.14 bits per heavy atom. The highest BCUT2D eigenvalue weighted by atomic mass is 35.5. The number of methoxy groups -OCH3 is 2. The highest BCUT2D eigenvalue weighted by Gasteiger charge is 2.22. The number of anilines is 2. The topological polar surface area (TPSA) is 112 Å². The van der Waals surface area contributed by atoms with Crippen molar-refractivity contribution in [2.24, 2.45) is 0 Å². The third-order valence-corrected chi connectivity index (χ3v) is 8.43. The number of nitrogens with one attached hydrogen (secondary N) is 2. The van der Waals surface area contributed by atoms with E-state index in [9.17, 15) is 8.42 Å². The second-order valence-corrected chi connectivity index (χ2v) is 11.5. The van der Waals surface area contributed by atoms with Crippen LogP contribution in [-0.2, 0) is 14.6 Å². The largest absolute Gasteiger partial charge is 0.495 e. The van der Waals surface area contributed by atoms with Crippen molar-refractivity contribution in [1.29, 1.82) is 0 Å². The third kappa shape index (κ3) is 5.72. The Labute approximate surface area is 220 Å². The molecule has 0 radical (unpaired) electrons. The summed E-state index contributed by atoms with van der Waals surface area (Å²) in [7, 11) is -0.162. The first-order valence-corrected chi connectivity index (χ1v) is 14.0. The van der Waals surface area contributed by atoms with Gasteiger partial charge in [0.25, 0.3) is 0 Å². The van der Waals surface area contributed by atoms with Crippen molar-refractivity contribution in [3.05, 3.63) is 34.4 Å². The van der Waals surface area contributed by atoms with Crippen LogP contribution in [0, 0.1) is 0 Å². The molecule has 194 valence electrons. The summed E-state index contributed by atoms with van der Waals surface area (Å²) in [4.78, 5) is 9.35. The zero-order valence-electron chi connectivity index (χ0n) is 20.2. The molecule has 3 aromatic rings. The molecule has 2 N–H and O–H groups in total. The molecule has 0 spiro atoms. The minimum Gasteiger partial charge on any atom is -0.495 e. The lowest BCUT2D eigenvalue weighted by Crippen LogP contribution is -2.20. The fourth-order valence-corrected chi connectivity index (χ4v) is 5.32. The quantitative estimate of drug-likeness (QED) is 0.369. The Morgan fingerprint density at radius 3 is 2.47 bits per heavy atom. The van der Waals surface area contributed by atoms with Crippen LogP contribution in [-0.4, -0.2) is 69.9 Å². The zero-order valence-corrected chi connectivity index (χ0v) is 22.6. The molecule has 3 heterocycles. The van der Waals surface area contributed by atoms with E-state index in [-0.39, 0.29) is 34.1 Å². The number of pyridine rings is 2. The van der Waals surface area contributed by atoms with Gasteiger partial charge in [-0.1, -0.05) is 30.1 Å². The second kappa shape index (κ2) is 11.2. The predicted molar refractivity (Wildman–Crippen MR) is 144 cm³/mol. The molecule has 1 atom stereocenters. The summed E-state index contributed by atoms with van der Waals surface area (Å²) in [6, 6.07) is 5.49. The van der Waals surface area contributed by atoms with E-state index in [2.05, 4.69) is 15.6 Å². The van der Waals surface area contributed by atoms with Crippen molar-refractivity contribution < 1.29 is 22.6 Å². The van der Waals surface area contributed by atoms with Gasteiger partial charge in [-0.2, -0.15) is 0 Å². The summed E-state index contributed by atoms with van der Waals surface area (Å²) in [6.07, 6.45) is 2.62. The van der Waals surface area contributed by atoms with Gasteiger partial charge in [0.1, 0.15) is 23.1 Å².